The Morgan fingerprint density at radius 2 is 1.80 bits per heavy atom. The summed E-state index contributed by atoms with van der Waals surface area (Å²) >= 11 is 0. The van der Waals surface area contributed by atoms with Gasteiger partial charge in [-0.2, -0.15) is 0 Å². The minimum absolute atomic E-state index is 0.184. The summed E-state index contributed by atoms with van der Waals surface area (Å²) in [5, 5.41) is 8.33. The average molecular weight is 342 g/mol. The van der Waals surface area contributed by atoms with Gasteiger partial charge in [0.1, 0.15) is 6.10 Å². The van der Waals surface area contributed by atoms with Crippen LogP contribution in [-0.2, 0) is 22.6 Å². The zero-order chi connectivity index (χ0) is 18.1. The van der Waals surface area contributed by atoms with Crippen molar-refractivity contribution >= 4 is 17.6 Å². The molecule has 1 unspecified atom stereocenters. The molecule has 0 fully saturated rings. The third-order valence-corrected chi connectivity index (χ3v) is 3.58. The predicted molar refractivity (Wildman–Crippen MR) is 94.9 cm³/mol. The summed E-state index contributed by atoms with van der Waals surface area (Å²) in [4.78, 5) is 27.6. The van der Waals surface area contributed by atoms with E-state index < -0.39 is 6.10 Å². The Labute approximate surface area is 146 Å². The van der Waals surface area contributed by atoms with Crippen molar-refractivity contribution in [2.24, 2.45) is 0 Å². The molecule has 25 heavy (non-hydrogen) atoms. The van der Waals surface area contributed by atoms with Crippen molar-refractivity contribution in [1.29, 1.82) is 0 Å². The summed E-state index contributed by atoms with van der Waals surface area (Å²) in [6.07, 6.45) is 2.86. The van der Waals surface area contributed by atoms with Crippen molar-refractivity contribution in [2.75, 3.05) is 12.4 Å². The van der Waals surface area contributed by atoms with Gasteiger partial charge in [0.2, 0.25) is 5.91 Å². The van der Waals surface area contributed by atoms with Gasteiger partial charge >= 0.3 is 6.03 Å². The molecule has 7 heteroatoms. The molecule has 0 saturated heterocycles. The van der Waals surface area contributed by atoms with Crippen molar-refractivity contribution in [1.82, 2.24) is 15.6 Å². The zero-order valence-corrected chi connectivity index (χ0v) is 14.3. The standard InChI is InChI=1S/C18H22N4O3/c1-13(25-2)17(23)20-12-15-4-3-5-16(10-15)22-18(24)21-11-14-6-8-19-9-7-14/h3-10,13H,11-12H2,1-2H3,(H,20,23)(H2,21,22,24). The van der Waals surface area contributed by atoms with Crippen LogP contribution in [-0.4, -0.2) is 30.1 Å². The molecule has 0 radical (unpaired) electrons. The minimum Gasteiger partial charge on any atom is -0.372 e. The van der Waals surface area contributed by atoms with E-state index in [1.165, 1.54) is 7.11 Å². The van der Waals surface area contributed by atoms with Gasteiger partial charge in [0.25, 0.3) is 0 Å². The van der Waals surface area contributed by atoms with Crippen molar-refractivity contribution in [3.05, 3.63) is 59.9 Å². The lowest BCUT2D eigenvalue weighted by Crippen LogP contribution is -2.33. The van der Waals surface area contributed by atoms with Crippen molar-refractivity contribution < 1.29 is 14.3 Å². The Morgan fingerprint density at radius 3 is 2.52 bits per heavy atom. The topological polar surface area (TPSA) is 92.4 Å². The Balaban J connectivity index is 1.84. The summed E-state index contributed by atoms with van der Waals surface area (Å²) in [7, 11) is 1.49. The van der Waals surface area contributed by atoms with Crippen LogP contribution in [0.25, 0.3) is 0 Å². The van der Waals surface area contributed by atoms with E-state index in [0.29, 0.717) is 18.8 Å². The second-order valence-corrected chi connectivity index (χ2v) is 5.46. The number of anilines is 1. The van der Waals surface area contributed by atoms with Gasteiger partial charge in [0.15, 0.2) is 0 Å². The molecule has 0 bridgehead atoms. The number of amides is 3. The van der Waals surface area contributed by atoms with E-state index in [1.54, 1.807) is 25.4 Å². The molecule has 2 rings (SSSR count). The van der Waals surface area contributed by atoms with Crippen molar-refractivity contribution in [3.8, 4) is 0 Å². The van der Waals surface area contributed by atoms with Crippen molar-refractivity contribution in [2.45, 2.75) is 26.1 Å². The number of nitrogens with zero attached hydrogens (tertiary/aromatic N) is 1. The maximum Gasteiger partial charge on any atom is 0.319 e. The molecule has 1 aromatic heterocycles. The monoisotopic (exact) mass is 342 g/mol. The summed E-state index contributed by atoms with van der Waals surface area (Å²) < 4.78 is 4.96. The van der Waals surface area contributed by atoms with Crippen LogP contribution in [0.1, 0.15) is 18.1 Å². The fourth-order valence-corrected chi connectivity index (χ4v) is 2.06. The van der Waals surface area contributed by atoms with E-state index in [2.05, 4.69) is 20.9 Å². The fraction of sp³-hybridized carbons (Fsp3) is 0.278. The molecule has 0 aliphatic rings. The molecule has 1 heterocycles. The van der Waals surface area contributed by atoms with Gasteiger partial charge in [-0.05, 0) is 42.3 Å². The van der Waals surface area contributed by atoms with Gasteiger partial charge in [-0.25, -0.2) is 4.79 Å². The minimum atomic E-state index is -0.500. The smallest absolute Gasteiger partial charge is 0.319 e. The summed E-state index contributed by atoms with van der Waals surface area (Å²) in [5.74, 6) is -0.184. The molecule has 132 valence electrons. The molecule has 0 saturated carbocycles. The number of hydrogen-bond donors (Lipinski definition) is 3. The van der Waals surface area contributed by atoms with Crippen LogP contribution in [0.2, 0.25) is 0 Å². The quantitative estimate of drug-likeness (QED) is 0.718. The molecule has 7 nitrogen and oxygen atoms in total. The van der Waals surface area contributed by atoms with Crippen LogP contribution >= 0.6 is 0 Å². The first-order valence-corrected chi connectivity index (χ1v) is 7.91. The number of carbonyl (C=O) groups is 2. The molecule has 3 N–H and O–H groups in total. The maximum absolute atomic E-state index is 12.0. The van der Waals surface area contributed by atoms with Gasteiger partial charge in [0, 0.05) is 38.3 Å². The third kappa shape index (κ3) is 6.23. The molecule has 0 aliphatic carbocycles. The second-order valence-electron chi connectivity index (χ2n) is 5.46. The second kappa shape index (κ2) is 9.39. The summed E-state index contributed by atoms with van der Waals surface area (Å²) in [5.41, 5.74) is 2.50. The van der Waals surface area contributed by atoms with E-state index >= 15 is 0 Å². The number of aromatic nitrogens is 1. The number of nitrogens with one attached hydrogen (secondary N) is 3. The number of urea groups is 1. The zero-order valence-electron chi connectivity index (χ0n) is 14.3. The van der Waals surface area contributed by atoms with Gasteiger partial charge in [-0.15, -0.1) is 0 Å². The normalized spacial score (nSPS) is 11.4. The lowest BCUT2D eigenvalue weighted by Gasteiger charge is -2.12. The van der Waals surface area contributed by atoms with E-state index in [-0.39, 0.29) is 11.9 Å². The lowest BCUT2D eigenvalue weighted by atomic mass is 10.2. The molecular weight excluding hydrogens is 320 g/mol. The largest absolute Gasteiger partial charge is 0.372 e. The van der Waals surface area contributed by atoms with Gasteiger partial charge < -0.3 is 20.7 Å². The number of hydrogen-bond acceptors (Lipinski definition) is 4. The molecule has 1 atom stereocenters. The maximum atomic E-state index is 12.0. The molecule has 3 amide bonds. The first-order chi connectivity index (χ1) is 12.1. The highest BCUT2D eigenvalue weighted by molar-refractivity contribution is 5.89. The first-order valence-electron chi connectivity index (χ1n) is 7.91. The Bertz CT molecular complexity index is 706. The number of methoxy groups -OCH3 is 1. The van der Waals surface area contributed by atoms with Crippen LogP contribution in [0.3, 0.4) is 0 Å². The molecule has 2 aromatic rings. The number of pyridine rings is 1. The van der Waals surface area contributed by atoms with Gasteiger partial charge in [-0.1, -0.05) is 12.1 Å². The number of benzene rings is 1. The predicted octanol–water partition coefficient (Wildman–Crippen LogP) is 2.05. The van der Waals surface area contributed by atoms with Crippen LogP contribution in [0.15, 0.2) is 48.8 Å². The average Bonchev–Trinajstić information content (AvgIpc) is 2.65. The highest BCUT2D eigenvalue weighted by Crippen LogP contribution is 2.10. The number of ether oxygens (including phenoxy) is 1. The summed E-state index contributed by atoms with van der Waals surface area (Å²) in [6.45, 7) is 2.46. The highest BCUT2D eigenvalue weighted by atomic mass is 16.5. The molecular formula is C18H22N4O3. The SMILES string of the molecule is COC(C)C(=O)NCc1cccc(NC(=O)NCc2ccncc2)c1. The fourth-order valence-electron chi connectivity index (χ4n) is 2.06. The van der Waals surface area contributed by atoms with Crippen LogP contribution < -0.4 is 16.0 Å². The number of rotatable bonds is 7. The van der Waals surface area contributed by atoms with E-state index in [0.717, 1.165) is 11.1 Å². The number of carbonyl (C=O) groups excluding carboxylic acids is 2. The van der Waals surface area contributed by atoms with E-state index in [9.17, 15) is 9.59 Å². The van der Waals surface area contributed by atoms with Crippen LogP contribution in [0.5, 0.6) is 0 Å². The van der Waals surface area contributed by atoms with E-state index in [4.69, 9.17) is 4.74 Å². The van der Waals surface area contributed by atoms with Crippen LogP contribution in [0.4, 0.5) is 10.5 Å². The first kappa shape index (κ1) is 18.4. The van der Waals surface area contributed by atoms with E-state index in [1.807, 2.05) is 30.3 Å². The Morgan fingerprint density at radius 1 is 1.08 bits per heavy atom. The molecule has 0 spiro atoms. The highest BCUT2D eigenvalue weighted by Gasteiger charge is 2.10. The molecule has 1 aromatic carbocycles. The summed E-state index contributed by atoms with van der Waals surface area (Å²) in [6, 6.07) is 10.7. The Hall–Kier alpha value is -2.93. The third-order valence-electron chi connectivity index (χ3n) is 3.58. The van der Waals surface area contributed by atoms with Gasteiger partial charge in [-0.3, -0.25) is 9.78 Å². The van der Waals surface area contributed by atoms with Crippen LogP contribution in [0, 0.1) is 0 Å². The lowest BCUT2D eigenvalue weighted by molar-refractivity contribution is -0.130. The molecule has 0 aliphatic heterocycles. The Kier molecular flexibility index (Phi) is 6.91. The van der Waals surface area contributed by atoms with Gasteiger partial charge in [0.05, 0.1) is 0 Å². The van der Waals surface area contributed by atoms with Crippen molar-refractivity contribution in [3.63, 3.8) is 0 Å².